The minimum Gasteiger partial charge on any atom is -0.477 e. The number of aliphatic hydroxyl groups is 1. The number of aromatic nitrogens is 5. The number of oxime groups is 1. The van der Waals surface area contributed by atoms with Crippen molar-refractivity contribution in [3.8, 4) is 0 Å². The number of amides is 2. The van der Waals surface area contributed by atoms with Crippen LogP contribution in [0.15, 0.2) is 41.1 Å². The monoisotopic (exact) mass is 574 g/mol. The van der Waals surface area contributed by atoms with E-state index in [1.54, 1.807) is 28.6 Å². The molecule has 1 saturated heterocycles. The van der Waals surface area contributed by atoms with Crippen LogP contribution in [0, 0.1) is 0 Å². The van der Waals surface area contributed by atoms with Crippen molar-refractivity contribution in [3.05, 3.63) is 41.8 Å². The van der Waals surface area contributed by atoms with Crippen LogP contribution in [-0.4, -0.2) is 87.9 Å². The summed E-state index contributed by atoms with van der Waals surface area (Å²) >= 11 is 2.22. The SMILES string of the molecule is CCO/N=C(\C(=O)NC1C(=O)N2C(C(=O)O)=C(C[n+]3cccc4c3ncn4CCO)CSC12)c1nsc(N)n1. The molecule has 0 bridgehead atoms. The fourth-order valence-corrected chi connectivity index (χ4v) is 6.13. The first-order valence-corrected chi connectivity index (χ1v) is 13.6. The normalized spacial score (nSPS) is 19.2. The second-order valence-corrected chi connectivity index (χ2v) is 10.3. The van der Waals surface area contributed by atoms with Crippen LogP contribution in [0.4, 0.5) is 5.13 Å². The van der Waals surface area contributed by atoms with Gasteiger partial charge in [0.15, 0.2) is 5.13 Å². The molecule has 15 nitrogen and oxygen atoms in total. The lowest BCUT2D eigenvalue weighted by Gasteiger charge is -2.49. The summed E-state index contributed by atoms with van der Waals surface area (Å²) in [4.78, 5) is 53.1. The van der Waals surface area contributed by atoms with Gasteiger partial charge < -0.3 is 30.7 Å². The number of carboxylic acids is 1. The van der Waals surface area contributed by atoms with E-state index >= 15 is 0 Å². The van der Waals surface area contributed by atoms with Crippen molar-refractivity contribution in [2.45, 2.75) is 31.4 Å². The van der Waals surface area contributed by atoms with Crippen molar-refractivity contribution in [2.75, 3.05) is 24.7 Å². The van der Waals surface area contributed by atoms with Gasteiger partial charge >= 0.3 is 11.6 Å². The molecule has 0 spiro atoms. The topological polar surface area (TPSA) is 202 Å². The van der Waals surface area contributed by atoms with Crippen molar-refractivity contribution in [2.24, 2.45) is 5.16 Å². The molecule has 2 aliphatic rings. The lowest BCUT2D eigenvalue weighted by atomic mass is 10.0. The average Bonchev–Trinajstić information content (AvgIpc) is 3.54. The number of aliphatic hydroxyl groups excluding tert-OH is 1. The standard InChI is InChI=1S/C22H23N9O6S2/c1-2-37-27-13(16-26-22(23)39-28-16)18(33)25-14-19(34)31-15(21(35)36)11(9-38-20(14)31)8-29-5-3-4-12-17(29)24-10-30(12)6-7-32/h3-5,10,14,20,32H,2,6-9H2,1H3,(H3-,23,25,26,28,33,35,36)/p+1/b27-13-. The van der Waals surface area contributed by atoms with Gasteiger partial charge in [-0.1, -0.05) is 5.16 Å². The Morgan fingerprint density at radius 1 is 1.41 bits per heavy atom. The van der Waals surface area contributed by atoms with Crippen LogP contribution in [0.2, 0.25) is 0 Å². The van der Waals surface area contributed by atoms with Crippen molar-refractivity contribution < 1.29 is 34.0 Å². The number of nitrogens with zero attached hydrogens (tertiary/aromatic N) is 7. The first kappa shape index (κ1) is 26.5. The van der Waals surface area contributed by atoms with Crippen LogP contribution in [0.5, 0.6) is 0 Å². The minimum absolute atomic E-state index is 0.0376. The number of anilines is 1. The number of nitrogens with one attached hydrogen (secondary N) is 1. The number of carbonyl (C=O) groups is 3. The number of nitrogens with two attached hydrogens (primary N) is 1. The van der Waals surface area contributed by atoms with Gasteiger partial charge in [-0.05, 0) is 24.0 Å². The van der Waals surface area contributed by atoms with E-state index in [0.717, 1.165) is 17.0 Å². The summed E-state index contributed by atoms with van der Waals surface area (Å²) in [5.41, 5.74) is 7.20. The Bertz CT molecular complexity index is 1520. The predicted octanol–water partition coefficient (Wildman–Crippen LogP) is -1.07. The number of rotatable bonds is 10. The van der Waals surface area contributed by atoms with E-state index in [-0.39, 0.29) is 42.1 Å². The largest absolute Gasteiger partial charge is 0.477 e. The molecular weight excluding hydrogens is 550 g/mol. The highest BCUT2D eigenvalue weighted by Crippen LogP contribution is 2.40. The van der Waals surface area contributed by atoms with E-state index in [1.807, 2.05) is 12.1 Å². The highest BCUT2D eigenvalue weighted by molar-refractivity contribution is 8.00. The summed E-state index contributed by atoms with van der Waals surface area (Å²) < 4.78 is 7.59. The Hall–Kier alpha value is -4.09. The summed E-state index contributed by atoms with van der Waals surface area (Å²) in [6.07, 6.45) is 3.39. The van der Waals surface area contributed by atoms with E-state index < -0.39 is 29.2 Å². The molecule has 5 rings (SSSR count). The van der Waals surface area contributed by atoms with Gasteiger partial charge in [0.1, 0.15) is 35.8 Å². The van der Waals surface area contributed by atoms with Crippen LogP contribution in [-0.2, 0) is 32.3 Å². The molecule has 0 aromatic carbocycles. The number of carbonyl (C=O) groups excluding carboxylic acids is 2. The molecule has 0 radical (unpaired) electrons. The smallest absolute Gasteiger partial charge is 0.352 e. The Morgan fingerprint density at radius 3 is 2.92 bits per heavy atom. The number of β-lactam (4-membered cyclic amide) rings is 1. The van der Waals surface area contributed by atoms with Gasteiger partial charge in [0, 0.05) is 29.4 Å². The van der Waals surface area contributed by atoms with Crippen LogP contribution in [0.3, 0.4) is 0 Å². The van der Waals surface area contributed by atoms with E-state index in [2.05, 4.69) is 24.8 Å². The van der Waals surface area contributed by atoms with Crippen molar-refractivity contribution in [1.82, 2.24) is 29.1 Å². The molecule has 5 heterocycles. The van der Waals surface area contributed by atoms with Gasteiger partial charge in [-0.25, -0.2) is 9.36 Å². The first-order valence-electron chi connectivity index (χ1n) is 11.8. The Balaban J connectivity index is 1.37. The minimum atomic E-state index is -1.24. The number of fused-ring (bicyclic) bond motifs is 2. The molecule has 2 aliphatic heterocycles. The number of thioether (sulfide) groups is 1. The highest BCUT2D eigenvalue weighted by atomic mass is 32.2. The zero-order valence-corrected chi connectivity index (χ0v) is 22.2. The number of hydrogen-bond acceptors (Lipinski definition) is 12. The maximum absolute atomic E-state index is 13.1. The van der Waals surface area contributed by atoms with Gasteiger partial charge in [-0.2, -0.15) is 9.36 Å². The van der Waals surface area contributed by atoms with Crippen LogP contribution < -0.4 is 15.6 Å². The number of aliphatic carboxylic acids is 1. The molecule has 39 heavy (non-hydrogen) atoms. The number of hydrogen-bond donors (Lipinski definition) is 4. The molecule has 2 atom stereocenters. The van der Waals surface area contributed by atoms with E-state index in [4.69, 9.17) is 10.6 Å². The second-order valence-electron chi connectivity index (χ2n) is 8.44. The molecule has 17 heteroatoms. The van der Waals surface area contributed by atoms with Crippen LogP contribution in [0.25, 0.3) is 11.2 Å². The molecular formula is C22H24N9O6S2+. The third-order valence-corrected chi connectivity index (χ3v) is 7.92. The van der Waals surface area contributed by atoms with Gasteiger partial charge in [0.25, 0.3) is 11.8 Å². The van der Waals surface area contributed by atoms with Crippen LogP contribution >= 0.6 is 23.3 Å². The zero-order chi connectivity index (χ0) is 27.7. The van der Waals surface area contributed by atoms with Crippen molar-refractivity contribution >= 4 is 63.1 Å². The van der Waals surface area contributed by atoms with E-state index in [9.17, 15) is 24.6 Å². The first-order chi connectivity index (χ1) is 18.8. The fraction of sp³-hybridized carbons (Fsp3) is 0.364. The van der Waals surface area contributed by atoms with Gasteiger partial charge in [0.2, 0.25) is 17.9 Å². The molecule has 2 unspecified atom stereocenters. The number of carboxylic acid groups (broad SMARTS) is 1. The molecule has 204 valence electrons. The molecule has 1 fully saturated rings. The summed E-state index contributed by atoms with van der Waals surface area (Å²) in [5, 5.41) is 25.2. The third kappa shape index (κ3) is 4.90. The zero-order valence-electron chi connectivity index (χ0n) is 20.6. The van der Waals surface area contributed by atoms with Crippen molar-refractivity contribution in [3.63, 3.8) is 0 Å². The molecule has 5 N–H and O–H groups in total. The van der Waals surface area contributed by atoms with Gasteiger partial charge in [-0.15, -0.1) is 11.8 Å². The number of imidazole rings is 1. The maximum atomic E-state index is 13.1. The highest BCUT2D eigenvalue weighted by Gasteiger charge is 2.54. The summed E-state index contributed by atoms with van der Waals surface area (Å²) in [6.45, 7) is 2.39. The molecule has 0 aliphatic carbocycles. The van der Waals surface area contributed by atoms with E-state index in [1.165, 1.54) is 16.7 Å². The molecule has 0 saturated carbocycles. The fourth-order valence-electron chi connectivity index (χ4n) is 4.36. The van der Waals surface area contributed by atoms with Gasteiger partial charge in [0.05, 0.1) is 12.8 Å². The Labute approximate surface area is 229 Å². The number of pyridine rings is 1. The second kappa shape index (κ2) is 11.0. The summed E-state index contributed by atoms with van der Waals surface area (Å²) in [7, 11) is 0. The van der Waals surface area contributed by atoms with Crippen molar-refractivity contribution in [1.29, 1.82) is 0 Å². The summed E-state index contributed by atoms with van der Waals surface area (Å²) in [6, 6.07) is 2.69. The third-order valence-electron chi connectivity index (χ3n) is 6.04. The summed E-state index contributed by atoms with van der Waals surface area (Å²) in [5.74, 6) is -2.27. The molecule has 2 amide bonds. The Morgan fingerprint density at radius 2 is 2.23 bits per heavy atom. The lowest BCUT2D eigenvalue weighted by Crippen LogP contribution is -2.71. The van der Waals surface area contributed by atoms with Crippen LogP contribution in [0.1, 0.15) is 12.7 Å². The Kier molecular flexibility index (Phi) is 7.45. The molecule has 3 aromatic heterocycles. The number of nitrogen functional groups attached to an aromatic ring is 1. The average molecular weight is 575 g/mol. The quantitative estimate of drug-likeness (QED) is 0.0994. The van der Waals surface area contributed by atoms with Gasteiger partial charge in [-0.3, -0.25) is 14.5 Å². The predicted molar refractivity (Wildman–Crippen MR) is 139 cm³/mol. The lowest BCUT2D eigenvalue weighted by molar-refractivity contribution is -0.664. The van der Waals surface area contributed by atoms with E-state index in [0.29, 0.717) is 23.5 Å². The molecule has 3 aromatic rings. The maximum Gasteiger partial charge on any atom is 0.352 e.